The van der Waals surface area contributed by atoms with Crippen LogP contribution < -0.4 is 4.74 Å². The van der Waals surface area contributed by atoms with Crippen molar-refractivity contribution in [3.63, 3.8) is 0 Å². The Kier molecular flexibility index (Phi) is 8.12. The molecule has 3 aromatic carbocycles. The number of benzene rings is 3. The van der Waals surface area contributed by atoms with Crippen molar-refractivity contribution in [3.8, 4) is 17.6 Å². The van der Waals surface area contributed by atoms with Crippen LogP contribution in [0.15, 0.2) is 79.4 Å². The topological polar surface area (TPSA) is 35.5 Å². The summed E-state index contributed by atoms with van der Waals surface area (Å²) in [7, 11) is 0. The number of carbonyl (C=O) groups is 1. The third-order valence-electron chi connectivity index (χ3n) is 4.66. The lowest BCUT2D eigenvalue weighted by Gasteiger charge is -2.08. The average Bonchev–Trinajstić information content (AvgIpc) is 2.79. The van der Waals surface area contributed by atoms with Gasteiger partial charge < -0.3 is 9.47 Å². The molecule has 0 saturated carbocycles. The highest BCUT2D eigenvalue weighted by Crippen LogP contribution is 2.22. The van der Waals surface area contributed by atoms with E-state index in [1.54, 1.807) is 0 Å². The van der Waals surface area contributed by atoms with Crippen LogP contribution in [0.25, 0.3) is 10.8 Å². The molecule has 3 nitrogen and oxygen atoms in total. The number of fused-ring (bicyclic) bond motifs is 1. The summed E-state index contributed by atoms with van der Waals surface area (Å²) in [5, 5.41) is 2.29. The first-order valence-corrected chi connectivity index (χ1v) is 10.3. The molecular formula is C27H26O3. The van der Waals surface area contributed by atoms with Crippen molar-refractivity contribution in [3.05, 3.63) is 90.5 Å². The lowest BCUT2D eigenvalue weighted by molar-refractivity contribution is -0.137. The van der Waals surface area contributed by atoms with Crippen molar-refractivity contribution in [1.82, 2.24) is 0 Å². The molecular weight excluding hydrogens is 372 g/mol. The molecule has 3 heteroatoms. The van der Waals surface area contributed by atoms with Crippen LogP contribution in [0.5, 0.6) is 5.75 Å². The molecule has 0 aliphatic rings. The smallest absolute Gasteiger partial charge is 0.330 e. The molecule has 0 amide bonds. The van der Waals surface area contributed by atoms with Crippen molar-refractivity contribution in [2.75, 3.05) is 13.2 Å². The largest absolute Gasteiger partial charge is 0.494 e. The fraction of sp³-hybridized carbons (Fsp3) is 0.222. The van der Waals surface area contributed by atoms with Crippen LogP contribution in [0.2, 0.25) is 0 Å². The molecule has 0 fully saturated rings. The molecule has 0 radical (unpaired) electrons. The molecule has 0 aromatic heterocycles. The molecule has 0 unspecified atom stereocenters. The van der Waals surface area contributed by atoms with Gasteiger partial charge in [0.25, 0.3) is 0 Å². The minimum absolute atomic E-state index is 0.356. The molecule has 0 saturated heterocycles. The van der Waals surface area contributed by atoms with Gasteiger partial charge in [-0.2, -0.15) is 0 Å². The Morgan fingerprint density at radius 3 is 2.30 bits per heavy atom. The maximum Gasteiger partial charge on any atom is 0.330 e. The number of carbonyl (C=O) groups excluding carboxylic acids is 1. The Bertz CT molecular complexity index is 1040. The lowest BCUT2D eigenvalue weighted by atomic mass is 10.1. The highest BCUT2D eigenvalue weighted by atomic mass is 16.5. The summed E-state index contributed by atoms with van der Waals surface area (Å²) in [6.45, 7) is 4.51. The van der Waals surface area contributed by atoms with Gasteiger partial charge in [-0.15, -0.1) is 0 Å². The molecule has 0 atom stereocenters. The predicted octanol–water partition coefficient (Wildman–Crippen LogP) is 5.91. The molecule has 30 heavy (non-hydrogen) atoms. The molecule has 152 valence electrons. The predicted molar refractivity (Wildman–Crippen MR) is 121 cm³/mol. The molecule has 0 heterocycles. The normalized spacial score (nSPS) is 10.1. The number of hydrogen-bond donors (Lipinski definition) is 0. The molecule has 0 aliphatic carbocycles. The number of esters is 1. The van der Waals surface area contributed by atoms with E-state index in [0.717, 1.165) is 53.3 Å². The van der Waals surface area contributed by atoms with E-state index in [1.807, 2.05) is 42.5 Å². The number of ether oxygens (including phenoxy) is 2. The quantitative estimate of drug-likeness (QED) is 0.195. The first-order chi connectivity index (χ1) is 14.7. The Hall–Kier alpha value is -3.51. The summed E-state index contributed by atoms with van der Waals surface area (Å²) in [4.78, 5) is 10.9. The van der Waals surface area contributed by atoms with Crippen molar-refractivity contribution in [1.29, 1.82) is 0 Å². The van der Waals surface area contributed by atoms with Gasteiger partial charge in [-0.3, -0.25) is 0 Å². The minimum atomic E-state index is -0.356. The Balaban J connectivity index is 1.45. The maximum atomic E-state index is 10.9. The van der Waals surface area contributed by atoms with Crippen LogP contribution >= 0.6 is 0 Å². The fourth-order valence-corrected chi connectivity index (χ4v) is 3.04. The van der Waals surface area contributed by atoms with Gasteiger partial charge in [0.15, 0.2) is 0 Å². The third-order valence-corrected chi connectivity index (χ3v) is 4.66. The number of unbranched alkanes of at least 4 members (excludes halogenated alkanes) is 3. The molecule has 3 rings (SSSR count). The molecule has 0 bridgehead atoms. The van der Waals surface area contributed by atoms with Crippen LogP contribution in [0.3, 0.4) is 0 Å². The number of hydrogen-bond acceptors (Lipinski definition) is 3. The Morgan fingerprint density at radius 1 is 0.800 bits per heavy atom. The van der Waals surface area contributed by atoms with Crippen LogP contribution in [-0.2, 0) is 9.53 Å². The third kappa shape index (κ3) is 6.83. The zero-order valence-electron chi connectivity index (χ0n) is 17.1. The first-order valence-electron chi connectivity index (χ1n) is 10.3. The van der Waals surface area contributed by atoms with E-state index in [9.17, 15) is 4.79 Å². The summed E-state index contributed by atoms with van der Waals surface area (Å²) >= 11 is 0. The molecule has 0 spiro atoms. The molecule has 3 aromatic rings. The van der Waals surface area contributed by atoms with Crippen LogP contribution in [0, 0.1) is 11.8 Å². The van der Waals surface area contributed by atoms with Gasteiger partial charge in [0.1, 0.15) is 5.75 Å². The van der Waals surface area contributed by atoms with E-state index < -0.39 is 0 Å². The number of rotatable bonds is 9. The van der Waals surface area contributed by atoms with Gasteiger partial charge in [0.2, 0.25) is 0 Å². The van der Waals surface area contributed by atoms with E-state index in [4.69, 9.17) is 9.47 Å². The van der Waals surface area contributed by atoms with Gasteiger partial charge in [-0.1, -0.05) is 48.8 Å². The van der Waals surface area contributed by atoms with Gasteiger partial charge in [0.05, 0.1) is 13.2 Å². The van der Waals surface area contributed by atoms with Crippen LogP contribution in [0.1, 0.15) is 36.8 Å². The van der Waals surface area contributed by atoms with Gasteiger partial charge in [-0.25, -0.2) is 4.79 Å². The van der Waals surface area contributed by atoms with Gasteiger partial charge in [0, 0.05) is 17.2 Å². The summed E-state index contributed by atoms with van der Waals surface area (Å²) in [5.74, 6) is 6.94. The summed E-state index contributed by atoms with van der Waals surface area (Å²) in [5.41, 5.74) is 2.01. The monoisotopic (exact) mass is 398 g/mol. The van der Waals surface area contributed by atoms with Gasteiger partial charge in [-0.05, 0) is 72.9 Å². The summed E-state index contributed by atoms with van der Waals surface area (Å²) < 4.78 is 10.8. The minimum Gasteiger partial charge on any atom is -0.494 e. The highest BCUT2D eigenvalue weighted by molar-refractivity contribution is 5.85. The van der Waals surface area contributed by atoms with E-state index in [2.05, 4.69) is 42.7 Å². The summed E-state index contributed by atoms with van der Waals surface area (Å²) in [6.07, 6.45) is 5.09. The summed E-state index contributed by atoms with van der Waals surface area (Å²) in [6, 6.07) is 22.4. The fourth-order valence-electron chi connectivity index (χ4n) is 3.04. The van der Waals surface area contributed by atoms with Gasteiger partial charge >= 0.3 is 5.97 Å². The van der Waals surface area contributed by atoms with E-state index in [-0.39, 0.29) is 5.97 Å². The second-order valence-corrected chi connectivity index (χ2v) is 6.97. The van der Waals surface area contributed by atoms with Crippen LogP contribution in [0.4, 0.5) is 0 Å². The zero-order valence-corrected chi connectivity index (χ0v) is 17.1. The van der Waals surface area contributed by atoms with Crippen molar-refractivity contribution in [2.45, 2.75) is 25.7 Å². The molecule has 0 N–H and O–H groups in total. The van der Waals surface area contributed by atoms with Crippen molar-refractivity contribution < 1.29 is 14.3 Å². The first kappa shape index (κ1) is 21.2. The van der Waals surface area contributed by atoms with Crippen LogP contribution in [-0.4, -0.2) is 19.2 Å². The van der Waals surface area contributed by atoms with E-state index >= 15 is 0 Å². The highest BCUT2D eigenvalue weighted by Gasteiger charge is 2.00. The van der Waals surface area contributed by atoms with Crippen molar-refractivity contribution >= 4 is 16.7 Å². The zero-order chi connectivity index (χ0) is 21.0. The van der Waals surface area contributed by atoms with Crippen molar-refractivity contribution in [2.24, 2.45) is 0 Å². The lowest BCUT2D eigenvalue weighted by Crippen LogP contribution is -2.02. The molecule has 0 aliphatic heterocycles. The standard InChI is InChI=1S/C27H26O3/c1-2-27(28)30-19-9-4-3-8-18-29-26-17-16-24-20-23(14-15-25(24)21-26)13-12-22-10-6-5-7-11-22/h2,5-7,10-11,14-17,20-21H,1,3-4,8-9,18-19H2. The maximum absolute atomic E-state index is 10.9. The SMILES string of the molecule is C=CC(=O)OCCCCCCOc1ccc2cc(C#Cc3ccccc3)ccc2c1. The van der Waals surface area contributed by atoms with E-state index in [1.165, 1.54) is 6.08 Å². The Morgan fingerprint density at radius 2 is 1.50 bits per heavy atom. The second-order valence-electron chi connectivity index (χ2n) is 6.97. The Labute approximate surface area is 178 Å². The average molecular weight is 399 g/mol. The van der Waals surface area contributed by atoms with E-state index in [0.29, 0.717) is 13.2 Å². The second kappa shape index (κ2) is 11.5.